The van der Waals surface area contributed by atoms with E-state index in [0.717, 1.165) is 17.1 Å². The third-order valence-corrected chi connectivity index (χ3v) is 3.91. The molecular formula is C15H9NO4S. The Morgan fingerprint density at radius 2 is 1.86 bits per heavy atom. The van der Waals surface area contributed by atoms with E-state index < -0.39 is 17.1 Å². The van der Waals surface area contributed by atoms with Gasteiger partial charge in [0.05, 0.1) is 10.5 Å². The number of imide groups is 1. The number of aromatic carboxylic acids is 1. The van der Waals surface area contributed by atoms with Gasteiger partial charge in [-0.25, -0.2) is 4.79 Å². The van der Waals surface area contributed by atoms with Crippen LogP contribution in [-0.2, 0) is 4.79 Å². The van der Waals surface area contributed by atoms with Crippen molar-refractivity contribution in [3.05, 3.63) is 52.4 Å². The highest BCUT2D eigenvalue weighted by Crippen LogP contribution is 2.30. The van der Waals surface area contributed by atoms with Crippen LogP contribution in [0.1, 0.15) is 15.9 Å². The quantitative estimate of drug-likeness (QED) is 0.833. The lowest BCUT2D eigenvalue weighted by atomic mass is 9.99. The first kappa shape index (κ1) is 13.4. The zero-order valence-electron chi connectivity index (χ0n) is 10.6. The molecule has 2 aromatic carbocycles. The second-order valence-electron chi connectivity index (χ2n) is 4.41. The lowest BCUT2D eigenvalue weighted by molar-refractivity contribution is -0.115. The number of fused-ring (bicyclic) bond motifs is 1. The van der Waals surface area contributed by atoms with Gasteiger partial charge in [-0.2, -0.15) is 0 Å². The second-order valence-corrected chi connectivity index (χ2v) is 5.42. The number of hydrogen-bond acceptors (Lipinski definition) is 4. The van der Waals surface area contributed by atoms with Gasteiger partial charge in [0.25, 0.3) is 11.1 Å². The molecule has 3 rings (SSSR count). The number of carboxylic acid groups (broad SMARTS) is 1. The zero-order chi connectivity index (χ0) is 15.0. The van der Waals surface area contributed by atoms with Crippen LogP contribution in [0.5, 0.6) is 0 Å². The number of nitrogens with one attached hydrogen (secondary N) is 1. The first-order chi connectivity index (χ1) is 10.1. The minimum absolute atomic E-state index is 0.162. The van der Waals surface area contributed by atoms with Crippen LogP contribution in [-0.4, -0.2) is 22.2 Å². The molecule has 0 saturated carbocycles. The van der Waals surface area contributed by atoms with E-state index in [0.29, 0.717) is 10.9 Å². The van der Waals surface area contributed by atoms with Gasteiger partial charge >= 0.3 is 5.97 Å². The summed E-state index contributed by atoms with van der Waals surface area (Å²) in [6.07, 6.45) is 1.54. The van der Waals surface area contributed by atoms with Gasteiger partial charge in [0, 0.05) is 5.39 Å². The fourth-order valence-electron chi connectivity index (χ4n) is 2.23. The van der Waals surface area contributed by atoms with Crippen molar-refractivity contribution >= 4 is 45.7 Å². The van der Waals surface area contributed by atoms with Crippen molar-refractivity contribution in [1.82, 2.24) is 5.32 Å². The Hall–Kier alpha value is -2.60. The van der Waals surface area contributed by atoms with Crippen LogP contribution < -0.4 is 5.32 Å². The highest BCUT2D eigenvalue weighted by atomic mass is 32.2. The summed E-state index contributed by atoms with van der Waals surface area (Å²) in [5.41, 5.74) is 0.757. The number of carbonyl (C=O) groups is 3. The summed E-state index contributed by atoms with van der Waals surface area (Å²) in [5, 5.41) is 12.4. The largest absolute Gasteiger partial charge is 0.478 e. The topological polar surface area (TPSA) is 83.5 Å². The number of carbonyl (C=O) groups excluding carboxylic acids is 2. The van der Waals surface area contributed by atoms with Gasteiger partial charge in [0.15, 0.2) is 0 Å². The maximum absolute atomic E-state index is 11.6. The minimum atomic E-state index is -1.04. The molecule has 0 bridgehead atoms. The lowest BCUT2D eigenvalue weighted by Crippen LogP contribution is -2.17. The van der Waals surface area contributed by atoms with Crippen molar-refractivity contribution in [1.29, 1.82) is 0 Å². The summed E-state index contributed by atoms with van der Waals surface area (Å²) in [4.78, 5) is 34.4. The fourth-order valence-corrected chi connectivity index (χ4v) is 2.90. The Balaban J connectivity index is 2.24. The molecule has 0 unspecified atom stereocenters. The van der Waals surface area contributed by atoms with E-state index in [4.69, 9.17) is 0 Å². The summed E-state index contributed by atoms with van der Waals surface area (Å²) in [5.74, 6) is -1.50. The standard InChI is InChI=1S/C15H9NO4S/c17-13-11(21-15(20)16-13)7-9-5-1-3-8-4-2-6-10(12(8)9)14(18)19/h1-7H,(H,18,19)(H,16,17,20)/b11-7-. The van der Waals surface area contributed by atoms with E-state index in [9.17, 15) is 19.5 Å². The molecule has 6 heteroatoms. The summed E-state index contributed by atoms with van der Waals surface area (Å²) in [6, 6.07) is 10.3. The van der Waals surface area contributed by atoms with Crippen LogP contribution in [0.4, 0.5) is 4.79 Å². The van der Waals surface area contributed by atoms with Gasteiger partial charge in [-0.05, 0) is 34.9 Å². The Labute approximate surface area is 123 Å². The van der Waals surface area contributed by atoms with Gasteiger partial charge < -0.3 is 5.11 Å². The molecular weight excluding hydrogens is 290 g/mol. The summed E-state index contributed by atoms with van der Waals surface area (Å²) in [6.45, 7) is 0. The Morgan fingerprint density at radius 3 is 2.48 bits per heavy atom. The molecule has 104 valence electrons. The van der Waals surface area contributed by atoms with E-state index in [-0.39, 0.29) is 10.5 Å². The number of amides is 2. The normalized spacial score (nSPS) is 16.5. The number of rotatable bonds is 2. The lowest BCUT2D eigenvalue weighted by Gasteiger charge is -2.06. The van der Waals surface area contributed by atoms with Crippen molar-refractivity contribution in [2.75, 3.05) is 0 Å². The van der Waals surface area contributed by atoms with E-state index in [1.165, 1.54) is 6.07 Å². The summed E-state index contributed by atoms with van der Waals surface area (Å²) >= 11 is 0.805. The molecule has 1 aliphatic heterocycles. The maximum Gasteiger partial charge on any atom is 0.336 e. The van der Waals surface area contributed by atoms with Gasteiger partial charge in [-0.3, -0.25) is 14.9 Å². The van der Waals surface area contributed by atoms with Crippen molar-refractivity contribution < 1.29 is 19.5 Å². The van der Waals surface area contributed by atoms with Crippen LogP contribution in [0.15, 0.2) is 41.3 Å². The van der Waals surface area contributed by atoms with Crippen LogP contribution in [0.2, 0.25) is 0 Å². The van der Waals surface area contributed by atoms with Crippen molar-refractivity contribution in [3.8, 4) is 0 Å². The second kappa shape index (κ2) is 5.06. The first-order valence-electron chi connectivity index (χ1n) is 6.06. The van der Waals surface area contributed by atoms with E-state index in [1.54, 1.807) is 36.4 Å². The molecule has 2 amide bonds. The van der Waals surface area contributed by atoms with Crippen LogP contribution in [0, 0.1) is 0 Å². The Morgan fingerprint density at radius 1 is 1.14 bits per heavy atom. The molecule has 0 spiro atoms. The van der Waals surface area contributed by atoms with Crippen LogP contribution >= 0.6 is 11.8 Å². The smallest absolute Gasteiger partial charge is 0.336 e. The molecule has 2 N–H and O–H groups in total. The predicted octanol–water partition coefficient (Wildman–Crippen LogP) is 2.86. The summed E-state index contributed by atoms with van der Waals surface area (Å²) < 4.78 is 0. The van der Waals surface area contributed by atoms with E-state index >= 15 is 0 Å². The predicted molar refractivity (Wildman–Crippen MR) is 80.0 cm³/mol. The average molecular weight is 299 g/mol. The number of hydrogen-bond donors (Lipinski definition) is 2. The third-order valence-electron chi connectivity index (χ3n) is 3.10. The van der Waals surface area contributed by atoms with Crippen molar-refractivity contribution in [3.63, 3.8) is 0 Å². The molecule has 0 aliphatic carbocycles. The molecule has 1 aliphatic rings. The van der Waals surface area contributed by atoms with E-state index in [1.807, 2.05) is 0 Å². The first-order valence-corrected chi connectivity index (χ1v) is 6.88. The number of benzene rings is 2. The molecule has 1 saturated heterocycles. The van der Waals surface area contributed by atoms with Crippen LogP contribution in [0.3, 0.4) is 0 Å². The van der Waals surface area contributed by atoms with Crippen LogP contribution in [0.25, 0.3) is 16.8 Å². The Bertz CT molecular complexity index is 820. The number of thioether (sulfide) groups is 1. The van der Waals surface area contributed by atoms with Crippen molar-refractivity contribution in [2.45, 2.75) is 0 Å². The Kier molecular flexibility index (Phi) is 3.23. The molecule has 1 heterocycles. The van der Waals surface area contributed by atoms with Gasteiger partial charge in [-0.1, -0.05) is 30.3 Å². The monoisotopic (exact) mass is 299 g/mol. The SMILES string of the molecule is O=C1NC(=O)/C(=C/c2cccc3cccc(C(=O)O)c23)S1. The fraction of sp³-hybridized carbons (Fsp3) is 0. The minimum Gasteiger partial charge on any atom is -0.478 e. The zero-order valence-corrected chi connectivity index (χ0v) is 11.4. The molecule has 5 nitrogen and oxygen atoms in total. The molecule has 1 fully saturated rings. The molecule has 2 aromatic rings. The van der Waals surface area contributed by atoms with Gasteiger partial charge in [-0.15, -0.1) is 0 Å². The molecule has 0 atom stereocenters. The maximum atomic E-state index is 11.6. The van der Waals surface area contributed by atoms with Crippen molar-refractivity contribution in [2.24, 2.45) is 0 Å². The highest BCUT2D eigenvalue weighted by Gasteiger charge is 2.25. The third kappa shape index (κ3) is 2.41. The summed E-state index contributed by atoms with van der Waals surface area (Å²) in [7, 11) is 0. The molecule has 0 radical (unpaired) electrons. The van der Waals surface area contributed by atoms with Gasteiger partial charge in [0.1, 0.15) is 0 Å². The average Bonchev–Trinajstić information content (AvgIpc) is 2.76. The molecule has 0 aromatic heterocycles. The van der Waals surface area contributed by atoms with Gasteiger partial charge in [0.2, 0.25) is 0 Å². The molecule has 21 heavy (non-hydrogen) atoms. The highest BCUT2D eigenvalue weighted by molar-refractivity contribution is 8.18. The van der Waals surface area contributed by atoms with E-state index in [2.05, 4.69) is 5.32 Å². The number of carboxylic acids is 1.